The van der Waals surface area contributed by atoms with Crippen LogP contribution in [0.25, 0.3) is 10.9 Å². The fourth-order valence-corrected chi connectivity index (χ4v) is 3.70. The van der Waals surface area contributed by atoms with Crippen LogP contribution in [0.4, 0.5) is 0 Å². The van der Waals surface area contributed by atoms with Gasteiger partial charge >= 0.3 is 13.3 Å². The molecule has 0 aliphatic carbocycles. The molecule has 1 fully saturated rings. The number of hydrogen-bond donors (Lipinski definition) is 5. The van der Waals surface area contributed by atoms with Crippen LogP contribution in [0, 0.1) is 6.92 Å². The number of aromatic amines is 1. The molecule has 0 unspecified atom stereocenters. The molecule has 26 heavy (non-hydrogen) atoms. The lowest BCUT2D eigenvalue weighted by Gasteiger charge is -2.19. The van der Waals surface area contributed by atoms with E-state index >= 15 is 0 Å². The summed E-state index contributed by atoms with van der Waals surface area (Å²) in [5, 5.41) is 20.6. The van der Waals surface area contributed by atoms with Gasteiger partial charge in [-0.1, -0.05) is 11.6 Å². The van der Waals surface area contributed by atoms with Crippen molar-refractivity contribution in [3.63, 3.8) is 0 Å². The average molecular weight is 386 g/mol. The molecule has 10 nitrogen and oxygen atoms in total. The summed E-state index contributed by atoms with van der Waals surface area (Å²) in [6.45, 7) is 1.77. The summed E-state index contributed by atoms with van der Waals surface area (Å²) in [7, 11) is -4.31. The van der Waals surface area contributed by atoms with Crippen LogP contribution >= 0.6 is 7.60 Å². The highest BCUT2D eigenvalue weighted by Crippen LogP contribution is 2.39. The summed E-state index contributed by atoms with van der Waals surface area (Å²) < 4.78 is 17.6. The van der Waals surface area contributed by atoms with Crippen molar-refractivity contribution in [3.8, 4) is 0 Å². The van der Waals surface area contributed by atoms with E-state index in [1.807, 2.05) is 0 Å². The van der Waals surface area contributed by atoms with Crippen molar-refractivity contribution in [2.75, 3.05) is 6.16 Å². The third-order valence-electron chi connectivity index (χ3n) is 4.39. The quantitative estimate of drug-likeness (QED) is 0.426. The van der Waals surface area contributed by atoms with Gasteiger partial charge in [0.25, 0.3) is 5.56 Å². The smallest absolute Gasteiger partial charge is 0.331 e. The van der Waals surface area contributed by atoms with Crippen LogP contribution in [-0.4, -0.2) is 54.0 Å². The Morgan fingerprint density at radius 2 is 1.92 bits per heavy atom. The van der Waals surface area contributed by atoms with E-state index in [0.29, 0.717) is 0 Å². The first kappa shape index (κ1) is 19.0. The SMILES string of the molecule is Cc1ccc2c(c1)c(=O)[nH]c(=O)n2[C@@H]1O[C@H](CCP(=O)(O)O)[C@@H](O)[C@H]1O. The fourth-order valence-electron chi connectivity index (χ4n) is 3.11. The number of H-pyrrole nitrogens is 1. The number of hydrogen-bond acceptors (Lipinski definition) is 6. The molecule has 4 atom stereocenters. The third-order valence-corrected chi connectivity index (χ3v) is 5.23. The molecule has 142 valence electrons. The van der Waals surface area contributed by atoms with Crippen molar-refractivity contribution < 1.29 is 29.3 Å². The molecule has 0 radical (unpaired) electrons. The number of aryl methyl sites for hydroxylation is 1. The number of nitrogens with one attached hydrogen (secondary N) is 1. The monoisotopic (exact) mass is 386 g/mol. The topological polar surface area (TPSA) is 162 Å². The number of nitrogens with zero attached hydrogens (tertiary/aromatic N) is 1. The fraction of sp³-hybridized carbons (Fsp3) is 0.467. The summed E-state index contributed by atoms with van der Waals surface area (Å²) in [5.74, 6) is 0. The zero-order chi connectivity index (χ0) is 19.2. The van der Waals surface area contributed by atoms with Gasteiger partial charge in [0.2, 0.25) is 0 Å². The molecule has 2 aromatic rings. The molecule has 3 rings (SSSR count). The number of rotatable bonds is 4. The largest absolute Gasteiger partial charge is 0.388 e. The number of aliphatic hydroxyl groups excluding tert-OH is 2. The van der Waals surface area contributed by atoms with Crippen molar-refractivity contribution >= 4 is 18.5 Å². The first-order valence-electron chi connectivity index (χ1n) is 7.90. The van der Waals surface area contributed by atoms with Gasteiger partial charge in [-0.3, -0.25) is 18.9 Å². The summed E-state index contributed by atoms with van der Waals surface area (Å²) in [6, 6.07) is 4.79. The predicted molar refractivity (Wildman–Crippen MR) is 91.0 cm³/mol. The molecule has 5 N–H and O–H groups in total. The van der Waals surface area contributed by atoms with E-state index in [0.717, 1.165) is 10.1 Å². The predicted octanol–water partition coefficient (Wildman–Crippen LogP) is -0.815. The second-order valence-corrected chi connectivity index (χ2v) is 8.15. The summed E-state index contributed by atoms with van der Waals surface area (Å²) >= 11 is 0. The van der Waals surface area contributed by atoms with E-state index in [-0.39, 0.29) is 17.3 Å². The second-order valence-electron chi connectivity index (χ2n) is 6.37. The molecule has 1 aromatic carbocycles. The molecule has 1 aromatic heterocycles. The van der Waals surface area contributed by atoms with Crippen molar-refractivity contribution in [1.29, 1.82) is 0 Å². The van der Waals surface area contributed by atoms with Crippen molar-refractivity contribution in [2.45, 2.75) is 37.9 Å². The molecule has 1 saturated heterocycles. The highest BCUT2D eigenvalue weighted by atomic mass is 31.2. The number of aromatic nitrogens is 2. The molecule has 2 heterocycles. The van der Waals surface area contributed by atoms with Crippen LogP contribution in [0.1, 0.15) is 18.2 Å². The van der Waals surface area contributed by atoms with Crippen LogP contribution < -0.4 is 11.2 Å². The number of aliphatic hydroxyl groups is 2. The van der Waals surface area contributed by atoms with E-state index in [9.17, 15) is 24.4 Å². The highest BCUT2D eigenvalue weighted by molar-refractivity contribution is 7.51. The van der Waals surface area contributed by atoms with Crippen molar-refractivity contribution in [1.82, 2.24) is 9.55 Å². The van der Waals surface area contributed by atoms with E-state index in [1.54, 1.807) is 19.1 Å². The molecule has 11 heteroatoms. The maximum Gasteiger partial charge on any atom is 0.331 e. The minimum atomic E-state index is -4.31. The minimum absolute atomic E-state index is 0.200. The molecular formula is C15H19N2O8P. The Labute approximate surface area is 146 Å². The molecule has 1 aliphatic rings. The summed E-state index contributed by atoms with van der Waals surface area (Å²) in [6.07, 6.45) is -6.05. The molecule has 0 amide bonds. The van der Waals surface area contributed by atoms with E-state index in [1.165, 1.54) is 6.07 Å². The number of ether oxygens (including phenoxy) is 1. The van der Waals surface area contributed by atoms with Gasteiger partial charge in [0.1, 0.15) is 12.2 Å². The van der Waals surface area contributed by atoms with Gasteiger partial charge < -0.3 is 24.7 Å². The van der Waals surface area contributed by atoms with Crippen molar-refractivity contribution in [3.05, 3.63) is 44.6 Å². The molecule has 1 aliphatic heterocycles. The summed E-state index contributed by atoms with van der Waals surface area (Å²) in [4.78, 5) is 44.4. The van der Waals surface area contributed by atoms with E-state index < -0.39 is 49.5 Å². The zero-order valence-corrected chi connectivity index (χ0v) is 14.7. The number of benzene rings is 1. The minimum Gasteiger partial charge on any atom is -0.388 e. The highest BCUT2D eigenvalue weighted by Gasteiger charge is 2.44. The van der Waals surface area contributed by atoms with E-state index in [4.69, 9.17) is 14.5 Å². The van der Waals surface area contributed by atoms with Gasteiger partial charge in [-0.15, -0.1) is 0 Å². The second kappa shape index (κ2) is 6.73. The van der Waals surface area contributed by atoms with Gasteiger partial charge in [0.15, 0.2) is 6.23 Å². The van der Waals surface area contributed by atoms with Crippen molar-refractivity contribution in [2.24, 2.45) is 0 Å². The van der Waals surface area contributed by atoms with Crippen LogP contribution in [0.3, 0.4) is 0 Å². The average Bonchev–Trinajstić information content (AvgIpc) is 2.81. The van der Waals surface area contributed by atoms with E-state index in [2.05, 4.69) is 4.98 Å². The Morgan fingerprint density at radius 1 is 1.23 bits per heavy atom. The van der Waals surface area contributed by atoms with Crippen LogP contribution in [-0.2, 0) is 9.30 Å². The molecule has 0 spiro atoms. The van der Waals surface area contributed by atoms with Gasteiger partial charge in [-0.25, -0.2) is 4.79 Å². The first-order chi connectivity index (χ1) is 12.1. The standard InChI is InChI=1S/C15H19N2O8P/c1-7-2-3-9-8(6-7)13(20)16-15(21)17(9)14-12(19)11(18)10(25-14)4-5-26(22,23)24/h2-3,6,10-12,14,18-19H,4-5H2,1H3,(H,16,20,21)(H2,22,23,24)/t10-,11-,12-,14-/m1/s1. The van der Waals surface area contributed by atoms with Crippen LogP contribution in [0.15, 0.2) is 27.8 Å². The lowest BCUT2D eigenvalue weighted by Crippen LogP contribution is -2.38. The molecule has 0 bridgehead atoms. The Hall–Kier alpha value is -1.81. The number of fused-ring (bicyclic) bond motifs is 1. The van der Waals surface area contributed by atoms with Gasteiger partial charge in [0.05, 0.1) is 23.2 Å². The molecular weight excluding hydrogens is 367 g/mol. The Bertz CT molecular complexity index is 993. The van der Waals surface area contributed by atoms with Gasteiger partial charge in [-0.2, -0.15) is 0 Å². The lowest BCUT2D eigenvalue weighted by atomic mass is 10.1. The third kappa shape index (κ3) is 3.52. The molecule has 0 saturated carbocycles. The lowest BCUT2D eigenvalue weighted by molar-refractivity contribution is -0.0377. The maximum atomic E-state index is 12.3. The van der Waals surface area contributed by atoms with Gasteiger partial charge in [0, 0.05) is 0 Å². The zero-order valence-electron chi connectivity index (χ0n) is 13.8. The Kier molecular flexibility index (Phi) is 4.91. The van der Waals surface area contributed by atoms with Gasteiger partial charge in [-0.05, 0) is 25.5 Å². The Morgan fingerprint density at radius 3 is 2.58 bits per heavy atom. The maximum absolute atomic E-state index is 12.3. The summed E-state index contributed by atoms with van der Waals surface area (Å²) in [5.41, 5.74) is -0.397. The normalized spacial score (nSPS) is 26.5. The van der Waals surface area contributed by atoms with Crippen LogP contribution in [0.2, 0.25) is 0 Å². The first-order valence-corrected chi connectivity index (χ1v) is 9.69. The van der Waals surface area contributed by atoms with Crippen LogP contribution in [0.5, 0.6) is 0 Å². The Balaban J connectivity index is 2.03.